The Hall–Kier alpha value is -1.75. The highest BCUT2D eigenvalue weighted by Gasteiger charge is 2.30. The maximum Gasteiger partial charge on any atom is 0.161 e. The highest BCUT2D eigenvalue weighted by Crippen LogP contribution is 2.43. The molecule has 0 saturated carbocycles. The topological polar surface area (TPSA) is 75.7 Å². The number of ether oxygens (including phenoxy) is 1. The van der Waals surface area contributed by atoms with Crippen LogP contribution in [0.15, 0.2) is 42.5 Å². The Morgan fingerprint density at radius 3 is 2.48 bits per heavy atom. The Balaban J connectivity index is 0.00000161. The molecule has 1 aliphatic rings. The van der Waals surface area contributed by atoms with Gasteiger partial charge in [0.25, 0.3) is 0 Å². The van der Waals surface area contributed by atoms with Crippen LogP contribution in [0.4, 0.5) is 0 Å². The minimum absolute atomic E-state index is 0. The van der Waals surface area contributed by atoms with Crippen LogP contribution in [0.5, 0.6) is 11.5 Å². The van der Waals surface area contributed by atoms with E-state index < -0.39 is 0 Å². The average Bonchev–Trinajstić information content (AvgIpc) is 2.51. The van der Waals surface area contributed by atoms with Crippen molar-refractivity contribution in [2.45, 2.75) is 18.6 Å². The van der Waals surface area contributed by atoms with Crippen molar-refractivity contribution in [2.24, 2.45) is 5.73 Å². The van der Waals surface area contributed by atoms with Gasteiger partial charge in [-0.1, -0.05) is 36.4 Å². The number of hydrogen-bond acceptors (Lipinski definition) is 4. The molecule has 0 aromatic heterocycles. The first kappa shape index (κ1) is 15.6. The predicted octanol–water partition coefficient (Wildman–Crippen LogP) is 2.83. The number of hydrogen-bond donors (Lipinski definition) is 3. The van der Waals surface area contributed by atoms with Crippen molar-refractivity contribution in [1.29, 1.82) is 0 Å². The van der Waals surface area contributed by atoms with Gasteiger partial charge in [0, 0.05) is 18.5 Å². The van der Waals surface area contributed by atoms with E-state index in [0.29, 0.717) is 13.0 Å². The summed E-state index contributed by atoms with van der Waals surface area (Å²) in [6, 6.07) is 13.1. The lowest BCUT2D eigenvalue weighted by Gasteiger charge is -2.32. The van der Waals surface area contributed by atoms with Crippen molar-refractivity contribution in [1.82, 2.24) is 0 Å². The predicted molar refractivity (Wildman–Crippen MR) is 82.8 cm³/mol. The second kappa shape index (κ2) is 6.35. The Morgan fingerprint density at radius 1 is 1.10 bits per heavy atom. The first-order valence-electron chi connectivity index (χ1n) is 6.65. The zero-order chi connectivity index (χ0) is 14.1. The Morgan fingerprint density at radius 2 is 1.81 bits per heavy atom. The number of rotatable bonds is 2. The molecule has 0 unspecified atom stereocenters. The number of phenolic OH excluding ortho intramolecular Hbond substituents is 2. The summed E-state index contributed by atoms with van der Waals surface area (Å²) in [4.78, 5) is 0. The number of halogens is 1. The van der Waals surface area contributed by atoms with Crippen LogP contribution in [0.25, 0.3) is 0 Å². The second-order valence-corrected chi connectivity index (χ2v) is 4.96. The van der Waals surface area contributed by atoms with Gasteiger partial charge in [0.15, 0.2) is 11.5 Å². The van der Waals surface area contributed by atoms with Crippen LogP contribution in [-0.2, 0) is 11.2 Å². The van der Waals surface area contributed by atoms with Crippen molar-refractivity contribution in [3.63, 3.8) is 0 Å². The van der Waals surface area contributed by atoms with Gasteiger partial charge in [0.05, 0.1) is 12.2 Å². The molecule has 0 radical (unpaired) electrons. The van der Waals surface area contributed by atoms with E-state index in [-0.39, 0.29) is 36.1 Å². The SMILES string of the molecule is Cl.NC[C@@H]1O[C@H](c2ccccc2)Cc2c1ccc(O)c2O. The summed E-state index contributed by atoms with van der Waals surface area (Å²) in [5, 5.41) is 19.7. The molecule has 21 heavy (non-hydrogen) atoms. The molecule has 3 rings (SSSR count). The normalized spacial score (nSPS) is 20.4. The molecule has 5 heteroatoms. The first-order chi connectivity index (χ1) is 9.70. The lowest BCUT2D eigenvalue weighted by atomic mass is 9.90. The van der Waals surface area contributed by atoms with Crippen LogP contribution in [0.1, 0.15) is 28.9 Å². The Kier molecular flexibility index (Phi) is 4.73. The van der Waals surface area contributed by atoms with Gasteiger partial charge in [-0.2, -0.15) is 0 Å². The fourth-order valence-electron chi connectivity index (χ4n) is 2.71. The summed E-state index contributed by atoms with van der Waals surface area (Å²) in [6.07, 6.45) is 0.0937. The van der Waals surface area contributed by atoms with E-state index >= 15 is 0 Å². The van der Waals surface area contributed by atoms with Gasteiger partial charge in [0.1, 0.15) is 0 Å². The van der Waals surface area contributed by atoms with Gasteiger partial charge in [0.2, 0.25) is 0 Å². The highest BCUT2D eigenvalue weighted by molar-refractivity contribution is 5.85. The molecule has 4 nitrogen and oxygen atoms in total. The van der Waals surface area contributed by atoms with Gasteiger partial charge in [-0.3, -0.25) is 0 Å². The van der Waals surface area contributed by atoms with Crippen molar-refractivity contribution in [3.05, 3.63) is 59.2 Å². The molecule has 0 bridgehead atoms. The van der Waals surface area contributed by atoms with E-state index in [1.807, 2.05) is 30.3 Å². The lowest BCUT2D eigenvalue weighted by Crippen LogP contribution is -2.25. The summed E-state index contributed by atoms with van der Waals surface area (Å²) in [5.41, 5.74) is 8.40. The maximum absolute atomic E-state index is 10.1. The summed E-state index contributed by atoms with van der Waals surface area (Å²) in [7, 11) is 0. The third kappa shape index (κ3) is 2.83. The fraction of sp³-hybridized carbons (Fsp3) is 0.250. The molecule has 2 aromatic rings. The average molecular weight is 308 g/mol. The molecule has 1 aliphatic heterocycles. The van der Waals surface area contributed by atoms with E-state index in [1.54, 1.807) is 6.07 Å². The number of phenols is 2. The van der Waals surface area contributed by atoms with Crippen LogP contribution >= 0.6 is 12.4 Å². The maximum atomic E-state index is 10.1. The molecular weight excluding hydrogens is 290 g/mol. The molecule has 0 spiro atoms. The second-order valence-electron chi connectivity index (χ2n) is 4.96. The molecule has 0 aliphatic carbocycles. The minimum Gasteiger partial charge on any atom is -0.504 e. The Bertz CT molecular complexity index is 618. The lowest BCUT2D eigenvalue weighted by molar-refractivity contribution is -0.0230. The summed E-state index contributed by atoms with van der Waals surface area (Å²) in [5.74, 6) is -0.168. The number of fused-ring (bicyclic) bond motifs is 1. The minimum atomic E-state index is -0.268. The van der Waals surface area contributed by atoms with Crippen LogP contribution in [-0.4, -0.2) is 16.8 Å². The first-order valence-corrected chi connectivity index (χ1v) is 6.65. The molecular formula is C16H18ClNO3. The molecule has 0 fully saturated rings. The molecule has 0 amide bonds. The van der Waals surface area contributed by atoms with E-state index in [2.05, 4.69) is 0 Å². The summed E-state index contributed by atoms with van der Waals surface area (Å²) >= 11 is 0. The summed E-state index contributed by atoms with van der Waals surface area (Å²) < 4.78 is 6.03. The molecule has 4 N–H and O–H groups in total. The van der Waals surface area contributed by atoms with Gasteiger partial charge >= 0.3 is 0 Å². The molecule has 1 heterocycles. The van der Waals surface area contributed by atoms with Crippen molar-refractivity contribution < 1.29 is 14.9 Å². The Labute approximate surface area is 129 Å². The zero-order valence-corrected chi connectivity index (χ0v) is 12.2. The molecule has 2 atom stereocenters. The van der Waals surface area contributed by atoms with E-state index in [4.69, 9.17) is 10.5 Å². The van der Waals surface area contributed by atoms with E-state index in [9.17, 15) is 10.2 Å². The third-order valence-electron chi connectivity index (χ3n) is 3.75. The summed E-state index contributed by atoms with van der Waals surface area (Å²) in [6.45, 7) is 0.334. The standard InChI is InChI=1S/C16H17NO3.ClH/c17-9-15-11-6-7-13(18)16(19)12(11)8-14(20-15)10-4-2-1-3-5-10;/h1-7,14-15,18-19H,8-9,17H2;1H/t14-,15-;/m0./s1. The van der Waals surface area contributed by atoms with Crippen molar-refractivity contribution in [3.8, 4) is 11.5 Å². The zero-order valence-electron chi connectivity index (χ0n) is 11.4. The third-order valence-corrected chi connectivity index (χ3v) is 3.75. The van der Waals surface area contributed by atoms with Crippen LogP contribution in [0.2, 0.25) is 0 Å². The molecule has 2 aromatic carbocycles. The number of aromatic hydroxyl groups is 2. The van der Waals surface area contributed by atoms with Crippen molar-refractivity contribution >= 4 is 12.4 Å². The van der Waals surface area contributed by atoms with Gasteiger partial charge in [-0.15, -0.1) is 12.4 Å². The number of nitrogens with two attached hydrogens (primary N) is 1. The fourth-order valence-corrected chi connectivity index (χ4v) is 2.71. The van der Waals surface area contributed by atoms with E-state index in [0.717, 1.165) is 16.7 Å². The van der Waals surface area contributed by atoms with Gasteiger partial charge in [-0.05, 0) is 17.2 Å². The van der Waals surface area contributed by atoms with Crippen molar-refractivity contribution in [2.75, 3.05) is 6.54 Å². The molecule has 0 saturated heterocycles. The molecule has 112 valence electrons. The van der Waals surface area contributed by atoms with E-state index in [1.165, 1.54) is 6.07 Å². The highest BCUT2D eigenvalue weighted by atomic mass is 35.5. The van der Waals surface area contributed by atoms with Crippen LogP contribution in [0, 0.1) is 0 Å². The smallest absolute Gasteiger partial charge is 0.161 e. The van der Waals surface area contributed by atoms with Crippen LogP contribution < -0.4 is 5.73 Å². The van der Waals surface area contributed by atoms with Gasteiger partial charge < -0.3 is 20.7 Å². The van der Waals surface area contributed by atoms with Crippen LogP contribution in [0.3, 0.4) is 0 Å². The van der Waals surface area contributed by atoms with Gasteiger partial charge in [-0.25, -0.2) is 0 Å². The quantitative estimate of drug-likeness (QED) is 0.746. The largest absolute Gasteiger partial charge is 0.504 e. The number of benzene rings is 2. The monoisotopic (exact) mass is 307 g/mol.